The topological polar surface area (TPSA) is 28.7 Å². The second-order valence-electron chi connectivity index (χ2n) is 6.82. The van der Waals surface area contributed by atoms with E-state index < -0.39 is 0 Å². The van der Waals surface area contributed by atoms with Gasteiger partial charge in [0.1, 0.15) is 10.5 Å². The predicted octanol–water partition coefficient (Wildman–Crippen LogP) is 5.53. The van der Waals surface area contributed by atoms with Gasteiger partial charge in [-0.15, -0.1) is 0 Å². The van der Waals surface area contributed by atoms with Gasteiger partial charge >= 0.3 is 0 Å². The zero-order chi connectivity index (χ0) is 15.8. The number of nitrogens with one attached hydrogen (secondary N) is 1. The van der Waals surface area contributed by atoms with Crippen LogP contribution in [-0.2, 0) is 10.8 Å². The van der Waals surface area contributed by atoms with Gasteiger partial charge in [-0.3, -0.25) is 0 Å². The van der Waals surface area contributed by atoms with Crippen LogP contribution < -0.4 is 0 Å². The first-order valence-electron chi connectivity index (χ1n) is 7.00. The van der Waals surface area contributed by atoms with Crippen LogP contribution in [0.2, 0.25) is 0 Å². The fourth-order valence-electron chi connectivity index (χ4n) is 2.26. The van der Waals surface area contributed by atoms with Crippen LogP contribution in [0.1, 0.15) is 51.7 Å². The molecule has 0 saturated carbocycles. The van der Waals surface area contributed by atoms with Crippen LogP contribution in [0.4, 0.5) is 0 Å². The standard InChI is InChI=1S/C17H21BrN2S/c1-16(2,3)13-12(18)14(21)20-15(19-13)17(4,5)11-9-7-6-8-10-11/h6-10H,1-5H3,(H,19,20,21). The summed E-state index contributed by atoms with van der Waals surface area (Å²) in [5.74, 6) is 0.895. The molecule has 0 atom stereocenters. The zero-order valence-electron chi connectivity index (χ0n) is 13.1. The minimum atomic E-state index is -0.227. The van der Waals surface area contributed by atoms with Crippen LogP contribution in [-0.4, -0.2) is 9.97 Å². The molecule has 0 spiro atoms. The molecule has 0 aliphatic heterocycles. The van der Waals surface area contributed by atoms with Crippen molar-refractivity contribution >= 4 is 28.1 Å². The van der Waals surface area contributed by atoms with E-state index in [9.17, 15) is 0 Å². The number of rotatable bonds is 2. The lowest BCUT2D eigenvalue weighted by atomic mass is 9.83. The second-order valence-corrected chi connectivity index (χ2v) is 8.00. The van der Waals surface area contributed by atoms with E-state index in [1.54, 1.807) is 0 Å². The summed E-state index contributed by atoms with van der Waals surface area (Å²) in [5, 5.41) is 0. The van der Waals surface area contributed by atoms with Crippen LogP contribution in [0.25, 0.3) is 0 Å². The van der Waals surface area contributed by atoms with E-state index in [-0.39, 0.29) is 10.8 Å². The SMILES string of the molecule is CC(C)(C)c1[nH]c(C(C)(C)c2ccccc2)nc(=S)c1Br. The third kappa shape index (κ3) is 3.27. The van der Waals surface area contributed by atoms with E-state index >= 15 is 0 Å². The molecule has 0 aliphatic rings. The molecule has 21 heavy (non-hydrogen) atoms. The Morgan fingerprint density at radius 1 is 1.05 bits per heavy atom. The Labute approximate surface area is 140 Å². The first-order chi connectivity index (χ1) is 9.64. The van der Waals surface area contributed by atoms with Crippen molar-refractivity contribution in [3.63, 3.8) is 0 Å². The summed E-state index contributed by atoms with van der Waals surface area (Å²) in [6.45, 7) is 10.8. The van der Waals surface area contributed by atoms with Gasteiger partial charge in [0.25, 0.3) is 0 Å². The fourth-order valence-corrected chi connectivity index (χ4v) is 3.24. The average molecular weight is 365 g/mol. The zero-order valence-corrected chi connectivity index (χ0v) is 15.5. The summed E-state index contributed by atoms with van der Waals surface area (Å²) in [6.07, 6.45) is 0. The minimum absolute atomic E-state index is 0.0309. The van der Waals surface area contributed by atoms with E-state index in [2.05, 4.69) is 84.8 Å². The fraction of sp³-hybridized carbons (Fsp3) is 0.412. The van der Waals surface area contributed by atoms with E-state index in [4.69, 9.17) is 12.2 Å². The number of aromatic nitrogens is 2. The van der Waals surface area contributed by atoms with Gasteiger partial charge in [0.2, 0.25) is 0 Å². The third-order valence-corrected chi connectivity index (χ3v) is 5.03. The van der Waals surface area contributed by atoms with Crippen molar-refractivity contribution in [3.8, 4) is 0 Å². The molecule has 2 rings (SSSR count). The highest BCUT2D eigenvalue weighted by atomic mass is 79.9. The molecule has 0 aliphatic carbocycles. The van der Waals surface area contributed by atoms with Gasteiger partial charge in [-0.2, -0.15) is 0 Å². The van der Waals surface area contributed by atoms with Crippen molar-refractivity contribution in [3.05, 3.63) is 56.5 Å². The lowest BCUT2D eigenvalue weighted by Crippen LogP contribution is -2.26. The number of hydrogen-bond acceptors (Lipinski definition) is 2. The number of aromatic amines is 1. The Balaban J connectivity index is 2.65. The van der Waals surface area contributed by atoms with Crippen molar-refractivity contribution in [2.75, 3.05) is 0 Å². The van der Waals surface area contributed by atoms with E-state index in [1.165, 1.54) is 5.56 Å². The van der Waals surface area contributed by atoms with Crippen molar-refractivity contribution in [2.45, 2.75) is 45.4 Å². The van der Waals surface area contributed by atoms with Crippen LogP contribution in [0, 0.1) is 4.64 Å². The number of nitrogens with zero attached hydrogens (tertiary/aromatic N) is 1. The summed E-state index contributed by atoms with van der Waals surface area (Å²) < 4.78 is 1.50. The summed E-state index contributed by atoms with van der Waals surface area (Å²) >= 11 is 9.01. The molecule has 112 valence electrons. The van der Waals surface area contributed by atoms with Gasteiger partial charge in [0, 0.05) is 16.5 Å². The molecule has 1 N–H and O–H groups in total. The molecule has 4 heteroatoms. The normalized spacial score (nSPS) is 12.5. The summed E-state index contributed by atoms with van der Waals surface area (Å²) in [5.41, 5.74) is 2.04. The highest BCUT2D eigenvalue weighted by Crippen LogP contribution is 2.33. The van der Waals surface area contributed by atoms with Gasteiger partial charge in [-0.1, -0.05) is 63.3 Å². The van der Waals surface area contributed by atoms with Crippen LogP contribution in [0.3, 0.4) is 0 Å². The van der Waals surface area contributed by atoms with Crippen molar-refractivity contribution in [1.82, 2.24) is 9.97 Å². The van der Waals surface area contributed by atoms with Crippen LogP contribution in [0.15, 0.2) is 34.8 Å². The van der Waals surface area contributed by atoms with E-state index in [0.29, 0.717) is 4.64 Å². The molecule has 0 saturated heterocycles. The molecule has 2 aromatic rings. The van der Waals surface area contributed by atoms with Crippen molar-refractivity contribution in [1.29, 1.82) is 0 Å². The maximum atomic E-state index is 5.44. The number of hydrogen-bond donors (Lipinski definition) is 1. The molecule has 2 nitrogen and oxygen atoms in total. The molecule has 0 amide bonds. The number of halogens is 1. The van der Waals surface area contributed by atoms with Crippen LogP contribution >= 0.6 is 28.1 Å². The Morgan fingerprint density at radius 3 is 2.14 bits per heavy atom. The van der Waals surface area contributed by atoms with Gasteiger partial charge < -0.3 is 4.98 Å². The van der Waals surface area contributed by atoms with Crippen LogP contribution in [0.5, 0.6) is 0 Å². The molecule has 0 radical (unpaired) electrons. The highest BCUT2D eigenvalue weighted by molar-refractivity contribution is 9.10. The van der Waals surface area contributed by atoms with Gasteiger partial charge in [0.15, 0.2) is 0 Å². The largest absolute Gasteiger partial charge is 0.345 e. The molecule has 1 aromatic heterocycles. The summed E-state index contributed by atoms with van der Waals surface area (Å²) in [6, 6.07) is 10.4. The third-order valence-electron chi connectivity index (χ3n) is 3.70. The smallest absolute Gasteiger partial charge is 0.144 e. The lowest BCUT2D eigenvalue weighted by Gasteiger charge is -2.28. The Kier molecular flexibility index (Phi) is 4.41. The van der Waals surface area contributed by atoms with Crippen molar-refractivity contribution in [2.24, 2.45) is 0 Å². The van der Waals surface area contributed by atoms with E-state index in [1.807, 2.05) is 6.07 Å². The maximum absolute atomic E-state index is 5.44. The summed E-state index contributed by atoms with van der Waals surface area (Å²) in [4.78, 5) is 8.11. The molecular weight excluding hydrogens is 344 g/mol. The average Bonchev–Trinajstić information content (AvgIpc) is 2.41. The molecule has 0 unspecified atom stereocenters. The number of H-pyrrole nitrogens is 1. The minimum Gasteiger partial charge on any atom is -0.345 e. The first kappa shape index (κ1) is 16.4. The highest BCUT2D eigenvalue weighted by Gasteiger charge is 2.28. The van der Waals surface area contributed by atoms with Gasteiger partial charge in [0.05, 0.1) is 4.47 Å². The molecule has 1 heterocycles. The monoisotopic (exact) mass is 364 g/mol. The second kappa shape index (κ2) is 5.65. The Bertz CT molecular complexity index is 697. The Hall–Kier alpha value is -1.00. The molecule has 1 aromatic carbocycles. The maximum Gasteiger partial charge on any atom is 0.144 e. The predicted molar refractivity (Wildman–Crippen MR) is 94.4 cm³/mol. The summed E-state index contributed by atoms with van der Waals surface area (Å²) in [7, 11) is 0. The molecule has 0 fully saturated rings. The first-order valence-corrected chi connectivity index (χ1v) is 8.20. The quantitative estimate of drug-likeness (QED) is 0.710. The lowest BCUT2D eigenvalue weighted by molar-refractivity contribution is 0.529. The van der Waals surface area contributed by atoms with Gasteiger partial charge in [-0.25, -0.2) is 4.98 Å². The molecular formula is C17H21BrN2S. The Morgan fingerprint density at radius 2 is 1.62 bits per heavy atom. The molecule has 0 bridgehead atoms. The van der Waals surface area contributed by atoms with Crippen molar-refractivity contribution < 1.29 is 0 Å². The van der Waals surface area contributed by atoms with E-state index in [0.717, 1.165) is 16.0 Å². The number of benzene rings is 1. The van der Waals surface area contributed by atoms with Gasteiger partial charge in [-0.05, 0) is 35.3 Å².